The molecule has 350 valence electrons. The molecule has 0 bridgehead atoms. The molecule has 3 aliphatic rings. The Kier molecular flexibility index (Phi) is 17.2. The second-order valence-corrected chi connectivity index (χ2v) is 17.7. The number of rotatable bonds is 14. The highest BCUT2D eigenvalue weighted by Gasteiger charge is 2.26. The first-order chi connectivity index (χ1) is 35.0. The zero-order valence-electron chi connectivity index (χ0n) is 41.4. The van der Waals surface area contributed by atoms with Crippen LogP contribution >= 0.6 is 0 Å². The van der Waals surface area contributed by atoms with Crippen LogP contribution in [-0.2, 0) is 6.42 Å². The van der Waals surface area contributed by atoms with Crippen LogP contribution in [0.2, 0.25) is 0 Å². The summed E-state index contributed by atoms with van der Waals surface area (Å²) >= 11 is 0. The van der Waals surface area contributed by atoms with Crippen LogP contribution in [0.25, 0.3) is 72.6 Å². The molecule has 0 amide bonds. The lowest BCUT2D eigenvalue weighted by atomic mass is 9.76. The van der Waals surface area contributed by atoms with Crippen molar-refractivity contribution in [2.75, 3.05) is 0 Å². The van der Waals surface area contributed by atoms with E-state index in [1.54, 1.807) is 12.2 Å². The summed E-state index contributed by atoms with van der Waals surface area (Å²) in [6, 6.07) is 39.5. The summed E-state index contributed by atoms with van der Waals surface area (Å²) in [6.45, 7) is 14.7. The first-order valence-electron chi connectivity index (χ1n) is 24.9. The maximum absolute atomic E-state index is 5.08. The van der Waals surface area contributed by atoms with E-state index in [1.807, 2.05) is 18.2 Å². The largest absolute Gasteiger partial charge is 0.208 e. The van der Waals surface area contributed by atoms with Crippen molar-refractivity contribution >= 4 is 16.7 Å². The molecular weight excluding hydrogens is 859 g/mol. The van der Waals surface area contributed by atoms with Gasteiger partial charge in [-0.15, -0.1) is 0 Å². The summed E-state index contributed by atoms with van der Waals surface area (Å²) in [7, 11) is 0. The molecule has 0 spiro atoms. The van der Waals surface area contributed by atoms with Crippen LogP contribution in [-0.4, -0.2) is 15.0 Å². The molecule has 0 fully saturated rings. The third-order valence-corrected chi connectivity index (χ3v) is 12.6. The lowest BCUT2D eigenvalue weighted by molar-refractivity contribution is 1.00. The molecule has 0 aliphatic heterocycles. The maximum Gasteiger partial charge on any atom is 0.164 e. The molecule has 6 aromatic rings. The van der Waals surface area contributed by atoms with Gasteiger partial charge in [0.15, 0.2) is 17.5 Å². The summed E-state index contributed by atoms with van der Waals surface area (Å²) < 4.78 is 0. The van der Waals surface area contributed by atoms with Crippen LogP contribution in [0.1, 0.15) is 74.3 Å². The zero-order valence-corrected chi connectivity index (χ0v) is 41.4. The molecule has 3 heteroatoms. The molecule has 0 unspecified atom stereocenters. The van der Waals surface area contributed by atoms with Gasteiger partial charge in [-0.3, -0.25) is 0 Å². The Hall–Kier alpha value is -8.27. The summed E-state index contributed by atoms with van der Waals surface area (Å²) in [4.78, 5) is 15.0. The molecule has 9 rings (SSSR count). The van der Waals surface area contributed by atoms with E-state index in [2.05, 4.69) is 234 Å². The molecule has 0 saturated carbocycles. The van der Waals surface area contributed by atoms with E-state index < -0.39 is 0 Å². The highest BCUT2D eigenvalue weighted by molar-refractivity contribution is 6.02. The first-order valence-corrected chi connectivity index (χ1v) is 24.9. The van der Waals surface area contributed by atoms with Gasteiger partial charge in [0.25, 0.3) is 0 Å². The molecule has 0 radical (unpaired) electrons. The minimum Gasteiger partial charge on any atom is -0.208 e. The van der Waals surface area contributed by atoms with Gasteiger partial charge >= 0.3 is 0 Å². The standard InChI is InChI=1S/C62H55N3.C6H8/c1-6-9-10-11-22-39-55-56(47-28-18-14-19-29-47)45(5)57(49-34-23-27-44(4)40-41-49)59(48-30-20-15-21-31-48)58(55)53-37-24-35-51(42-53)52-36-25-38-54(43-52)62-64-60(46(8-3)26-7-2)63-61(65-62)50-32-16-12-13-17-33-50;1-2-4-6-5-3-1/h7-16,18-26,28-38,40-43H,2-3,6,17,27,39H2,1,4-5H3;1-4H,5-6H2/b10-9-,22-11-,46-26+;. The molecule has 0 atom stereocenters. The second-order valence-electron chi connectivity index (χ2n) is 17.7. The Labute approximate surface area is 422 Å². The van der Waals surface area contributed by atoms with E-state index in [0.29, 0.717) is 17.5 Å². The van der Waals surface area contributed by atoms with Gasteiger partial charge in [0.2, 0.25) is 0 Å². The molecule has 71 heavy (non-hydrogen) atoms. The molecule has 1 aromatic heterocycles. The highest BCUT2D eigenvalue weighted by Crippen LogP contribution is 2.49. The van der Waals surface area contributed by atoms with E-state index in [0.717, 1.165) is 59.1 Å². The van der Waals surface area contributed by atoms with Crippen LogP contribution < -0.4 is 0 Å². The average Bonchev–Trinajstić information content (AvgIpc) is 3.84. The molecule has 5 aromatic carbocycles. The fourth-order valence-corrected chi connectivity index (χ4v) is 9.19. The minimum atomic E-state index is 0.549. The van der Waals surface area contributed by atoms with Crippen molar-refractivity contribution in [2.45, 2.75) is 59.3 Å². The van der Waals surface area contributed by atoms with Crippen molar-refractivity contribution < 1.29 is 0 Å². The number of aromatic nitrogens is 3. The summed E-state index contributed by atoms with van der Waals surface area (Å²) in [5, 5.41) is 0. The number of hydrogen-bond donors (Lipinski definition) is 0. The van der Waals surface area contributed by atoms with Crippen molar-refractivity contribution in [2.24, 2.45) is 0 Å². The Morgan fingerprint density at radius 3 is 1.87 bits per heavy atom. The van der Waals surface area contributed by atoms with Gasteiger partial charge in [-0.25, -0.2) is 15.0 Å². The smallest absolute Gasteiger partial charge is 0.164 e. The topological polar surface area (TPSA) is 38.7 Å². The number of nitrogens with zero attached hydrogens (tertiary/aromatic N) is 3. The van der Waals surface area contributed by atoms with Crippen LogP contribution in [0, 0.1) is 6.92 Å². The molecule has 0 saturated heterocycles. The minimum absolute atomic E-state index is 0.549. The van der Waals surface area contributed by atoms with E-state index >= 15 is 0 Å². The molecule has 1 heterocycles. The Morgan fingerprint density at radius 1 is 0.563 bits per heavy atom. The van der Waals surface area contributed by atoms with E-state index in [4.69, 9.17) is 15.0 Å². The summed E-state index contributed by atoms with van der Waals surface area (Å²) in [6.07, 6.45) is 48.3. The van der Waals surface area contributed by atoms with Gasteiger partial charge in [0.1, 0.15) is 0 Å². The van der Waals surface area contributed by atoms with Crippen LogP contribution in [0.3, 0.4) is 0 Å². The number of benzene rings is 5. The fourth-order valence-electron chi connectivity index (χ4n) is 9.19. The van der Waals surface area contributed by atoms with Crippen molar-refractivity contribution in [1.29, 1.82) is 0 Å². The van der Waals surface area contributed by atoms with Gasteiger partial charge in [0.05, 0.1) is 0 Å². The third-order valence-electron chi connectivity index (χ3n) is 12.6. The normalized spacial score (nSPS) is 14.4. The molecular formula is C68H63N3. The third kappa shape index (κ3) is 12.3. The Balaban J connectivity index is 0.00000105. The second kappa shape index (κ2) is 24.8. The highest BCUT2D eigenvalue weighted by atomic mass is 15.0. The average molecular weight is 922 g/mol. The van der Waals surface area contributed by atoms with Gasteiger partial charge < -0.3 is 0 Å². The maximum atomic E-state index is 5.08. The lowest BCUT2D eigenvalue weighted by Gasteiger charge is -2.27. The van der Waals surface area contributed by atoms with Gasteiger partial charge in [-0.2, -0.15) is 0 Å². The quantitative estimate of drug-likeness (QED) is 0.102. The van der Waals surface area contributed by atoms with Gasteiger partial charge in [-0.1, -0.05) is 244 Å². The van der Waals surface area contributed by atoms with Crippen LogP contribution in [0.15, 0.2) is 249 Å². The van der Waals surface area contributed by atoms with E-state index in [9.17, 15) is 0 Å². The van der Waals surface area contributed by atoms with Crippen LogP contribution in [0.4, 0.5) is 0 Å². The van der Waals surface area contributed by atoms with Gasteiger partial charge in [-0.05, 0) is 131 Å². The first kappa shape index (κ1) is 49.2. The van der Waals surface area contributed by atoms with E-state index in [1.165, 1.54) is 68.5 Å². The lowest BCUT2D eigenvalue weighted by Crippen LogP contribution is -2.05. The monoisotopic (exact) mass is 922 g/mol. The van der Waals surface area contributed by atoms with Crippen molar-refractivity contribution in [3.05, 3.63) is 278 Å². The number of allylic oxidation sites excluding steroid dienone is 24. The predicted molar refractivity (Wildman–Crippen MR) is 306 cm³/mol. The molecule has 0 N–H and O–H groups in total. The molecule has 3 nitrogen and oxygen atoms in total. The van der Waals surface area contributed by atoms with Crippen molar-refractivity contribution in [3.63, 3.8) is 0 Å². The van der Waals surface area contributed by atoms with E-state index in [-0.39, 0.29) is 0 Å². The summed E-state index contributed by atoms with van der Waals surface area (Å²) in [5.41, 5.74) is 18.4. The zero-order chi connectivity index (χ0) is 49.2. The fraction of sp³-hybridized carbons (Fsp3) is 0.132. The van der Waals surface area contributed by atoms with Crippen molar-refractivity contribution in [3.8, 4) is 55.9 Å². The van der Waals surface area contributed by atoms with Crippen molar-refractivity contribution in [1.82, 2.24) is 15.0 Å². The van der Waals surface area contributed by atoms with Crippen LogP contribution in [0.5, 0.6) is 0 Å². The Morgan fingerprint density at radius 2 is 1.20 bits per heavy atom. The number of hydrogen-bond acceptors (Lipinski definition) is 3. The molecule has 3 aliphatic carbocycles. The van der Waals surface area contributed by atoms with Gasteiger partial charge in [0, 0.05) is 16.7 Å². The SMILES string of the molecule is C1=CCCC=C1.C=C/C=C(\C=C)c1nc(C2=CCC=CC=C2)nc(-c2cccc(-c3cccc(-c4c(C/C=C\C=C/CC)c(-c5ccccc5)c(C)c(C5=CC=C(C)CC=C5)c4-c4ccccc4)c3)c2)n1. The summed E-state index contributed by atoms with van der Waals surface area (Å²) in [5.74, 6) is 1.75. The Bertz CT molecular complexity index is 3220. The predicted octanol–water partition coefficient (Wildman–Crippen LogP) is 18.4.